The van der Waals surface area contributed by atoms with Crippen molar-refractivity contribution in [2.24, 2.45) is 0 Å². The zero-order valence-electron chi connectivity index (χ0n) is 22.0. The van der Waals surface area contributed by atoms with Gasteiger partial charge in [-0.15, -0.1) is 0 Å². The summed E-state index contributed by atoms with van der Waals surface area (Å²) in [6.45, 7) is 2.50. The molecular weight excluding hydrogens is 487 g/mol. The van der Waals surface area contributed by atoms with Gasteiger partial charge in [-0.05, 0) is 75.3 Å². The Bertz CT molecular complexity index is 1210. The number of fused-ring (bicyclic) bond motifs is 2. The van der Waals surface area contributed by atoms with Crippen LogP contribution in [0.3, 0.4) is 0 Å². The molecule has 3 heterocycles. The van der Waals surface area contributed by atoms with Crippen LogP contribution in [-0.2, 0) is 17.6 Å². The van der Waals surface area contributed by atoms with Crippen LogP contribution >= 0.6 is 0 Å². The maximum Gasteiger partial charge on any atom is 0.326 e. The van der Waals surface area contributed by atoms with Crippen molar-refractivity contribution in [2.45, 2.75) is 51.0 Å². The third-order valence-corrected chi connectivity index (χ3v) is 6.91. The summed E-state index contributed by atoms with van der Waals surface area (Å²) in [4.78, 5) is 27.6. The van der Waals surface area contributed by atoms with E-state index in [1.807, 2.05) is 12.1 Å². The lowest BCUT2D eigenvalue weighted by Crippen LogP contribution is -2.36. The largest absolute Gasteiger partial charge is 0.494 e. The number of para-hydroxylation sites is 1. The molecule has 0 aliphatic carbocycles. The lowest BCUT2D eigenvalue weighted by Gasteiger charge is -2.24. The minimum Gasteiger partial charge on any atom is -0.494 e. The first-order valence-corrected chi connectivity index (χ1v) is 13.4. The molecule has 0 saturated carbocycles. The van der Waals surface area contributed by atoms with Crippen LogP contribution in [0.5, 0.6) is 5.75 Å². The predicted octanol–water partition coefficient (Wildman–Crippen LogP) is 4.33. The molecule has 3 aromatic rings. The number of carboxylic acid groups (broad SMARTS) is 1. The summed E-state index contributed by atoms with van der Waals surface area (Å²) in [6.07, 6.45) is 7.18. The molecule has 0 radical (unpaired) electrons. The lowest BCUT2D eigenvalue weighted by molar-refractivity contribution is -0.138. The first kappa shape index (κ1) is 27.5. The minimum atomic E-state index is -0.961. The molecule has 4 rings (SSSR count). The maximum absolute atomic E-state index is 13.0. The molecule has 0 bridgehead atoms. The number of aromatic nitrogens is 3. The average molecular weight is 525 g/mol. The van der Waals surface area contributed by atoms with Gasteiger partial charge in [0.05, 0.1) is 13.8 Å². The summed E-state index contributed by atoms with van der Waals surface area (Å²) < 4.78 is 18.3. The molecule has 0 spiro atoms. The highest BCUT2D eigenvalue weighted by molar-refractivity contribution is 5.94. The number of carboxylic acids is 1. The Morgan fingerprint density at radius 2 is 2.05 bits per heavy atom. The highest BCUT2D eigenvalue weighted by Crippen LogP contribution is 2.27. The number of pyridine rings is 1. The van der Waals surface area contributed by atoms with E-state index in [2.05, 4.69) is 37.6 Å². The number of anilines is 2. The summed E-state index contributed by atoms with van der Waals surface area (Å²) >= 11 is 0. The smallest absolute Gasteiger partial charge is 0.326 e. The first-order valence-electron chi connectivity index (χ1n) is 13.4. The van der Waals surface area contributed by atoms with E-state index in [1.54, 1.807) is 13.2 Å². The van der Waals surface area contributed by atoms with Gasteiger partial charge in [-0.1, -0.05) is 12.1 Å². The number of aliphatic carboxylic acids is 1. The number of unbranched alkanes of at least 4 members (excludes halogenated alkanes) is 1. The molecule has 2 aromatic heterocycles. The van der Waals surface area contributed by atoms with Crippen molar-refractivity contribution in [3.63, 3.8) is 0 Å². The van der Waals surface area contributed by atoms with Gasteiger partial charge in [0.25, 0.3) is 0 Å². The van der Waals surface area contributed by atoms with Crippen LogP contribution in [0.25, 0.3) is 10.9 Å². The Balaban J connectivity index is 1.32. The Hall–Kier alpha value is -3.53. The number of nitrogens with zero attached hydrogens (tertiary/aromatic N) is 4. The highest BCUT2D eigenvalue weighted by Gasteiger charge is 2.21. The molecule has 204 valence electrons. The van der Waals surface area contributed by atoms with Crippen LogP contribution in [0.15, 0.2) is 36.7 Å². The van der Waals surface area contributed by atoms with Gasteiger partial charge in [0.2, 0.25) is 0 Å². The van der Waals surface area contributed by atoms with Gasteiger partial charge in [0, 0.05) is 30.7 Å². The molecule has 3 N–H and O–H groups in total. The number of rotatable bonds is 15. The number of hydrogen-bond donors (Lipinski definition) is 3. The Morgan fingerprint density at radius 3 is 2.87 bits per heavy atom. The zero-order valence-corrected chi connectivity index (χ0v) is 22.0. The van der Waals surface area contributed by atoms with Gasteiger partial charge < -0.3 is 25.4 Å². The van der Waals surface area contributed by atoms with E-state index in [0.717, 1.165) is 56.7 Å². The van der Waals surface area contributed by atoms with Crippen LogP contribution in [-0.4, -0.2) is 76.9 Å². The number of ether oxygens (including phenoxy) is 1. The van der Waals surface area contributed by atoms with E-state index >= 15 is 0 Å². The fourth-order valence-corrected chi connectivity index (χ4v) is 4.84. The van der Waals surface area contributed by atoms with Gasteiger partial charge in [-0.2, -0.15) is 0 Å². The molecule has 1 atom stereocenters. The fraction of sp³-hybridized carbons (Fsp3) is 0.500. The number of hydrogen-bond acceptors (Lipinski definition) is 8. The SMILES string of the molecule is COc1cccc2c(NC(CCN(CCCF)CCCCc3ccc4c(n3)NCCC4)C(=O)O)ncnc12. The Kier molecular flexibility index (Phi) is 10.0. The van der Waals surface area contributed by atoms with Crippen molar-refractivity contribution in [3.8, 4) is 5.75 Å². The molecule has 0 saturated heterocycles. The van der Waals surface area contributed by atoms with Crippen LogP contribution in [0.4, 0.5) is 16.0 Å². The molecule has 0 amide bonds. The second kappa shape index (κ2) is 13.9. The average Bonchev–Trinajstić information content (AvgIpc) is 2.95. The van der Waals surface area contributed by atoms with E-state index in [9.17, 15) is 14.3 Å². The van der Waals surface area contributed by atoms with E-state index in [-0.39, 0.29) is 0 Å². The monoisotopic (exact) mass is 524 g/mol. The van der Waals surface area contributed by atoms with Crippen LogP contribution in [0.1, 0.15) is 43.4 Å². The maximum atomic E-state index is 13.0. The number of carbonyl (C=O) groups is 1. The summed E-state index contributed by atoms with van der Waals surface area (Å²) in [5, 5.41) is 17.1. The lowest BCUT2D eigenvalue weighted by atomic mass is 10.1. The number of aryl methyl sites for hydroxylation is 2. The summed E-state index contributed by atoms with van der Waals surface area (Å²) in [5.74, 6) is 1.10. The standard InChI is InChI=1S/C28H37FN6O3/c1-38-24-10-4-9-22-25(24)31-19-32-27(22)34-23(28(36)37)13-18-35(17-6-14-29)16-3-2-8-21-12-11-20-7-5-15-30-26(20)33-21/h4,9-12,19,23H,2-3,5-8,13-18H2,1H3,(H,30,33)(H,36,37)(H,31,32,34). The van der Waals surface area contributed by atoms with Gasteiger partial charge in [0.1, 0.15) is 35.3 Å². The molecular formula is C28H37FN6O3. The van der Waals surface area contributed by atoms with Gasteiger partial charge in [-0.25, -0.2) is 19.7 Å². The Labute approximate surface area is 222 Å². The zero-order chi connectivity index (χ0) is 26.7. The van der Waals surface area contributed by atoms with Crippen LogP contribution < -0.4 is 15.4 Å². The number of methoxy groups -OCH3 is 1. The molecule has 1 aliphatic rings. The quantitative estimate of drug-likeness (QED) is 0.250. The van der Waals surface area contributed by atoms with E-state index < -0.39 is 18.7 Å². The van der Waals surface area contributed by atoms with Crippen molar-refractivity contribution < 1.29 is 19.0 Å². The Morgan fingerprint density at radius 1 is 1.18 bits per heavy atom. The number of halogens is 1. The van der Waals surface area contributed by atoms with Gasteiger partial charge >= 0.3 is 5.97 Å². The molecule has 0 fully saturated rings. The number of alkyl halides is 1. The van der Waals surface area contributed by atoms with Crippen LogP contribution in [0.2, 0.25) is 0 Å². The highest BCUT2D eigenvalue weighted by atomic mass is 19.1. The second-order valence-electron chi connectivity index (χ2n) is 9.58. The van der Waals surface area contributed by atoms with Crippen molar-refractivity contribution in [1.29, 1.82) is 0 Å². The molecule has 1 unspecified atom stereocenters. The molecule has 1 aliphatic heterocycles. The van der Waals surface area contributed by atoms with Crippen molar-refractivity contribution in [3.05, 3.63) is 47.9 Å². The predicted molar refractivity (Wildman–Crippen MR) is 147 cm³/mol. The molecule has 10 heteroatoms. The van der Waals surface area contributed by atoms with Gasteiger partial charge in [-0.3, -0.25) is 4.39 Å². The van der Waals surface area contributed by atoms with Crippen LogP contribution in [0, 0.1) is 0 Å². The fourth-order valence-electron chi connectivity index (χ4n) is 4.84. The second-order valence-corrected chi connectivity index (χ2v) is 9.58. The summed E-state index contributed by atoms with van der Waals surface area (Å²) in [6, 6.07) is 8.89. The van der Waals surface area contributed by atoms with Crippen molar-refractivity contribution >= 4 is 28.5 Å². The molecule has 1 aromatic carbocycles. The topological polar surface area (TPSA) is 113 Å². The third kappa shape index (κ3) is 7.28. The van der Waals surface area contributed by atoms with E-state index in [4.69, 9.17) is 9.72 Å². The third-order valence-electron chi connectivity index (χ3n) is 6.91. The van der Waals surface area contributed by atoms with Crippen molar-refractivity contribution in [2.75, 3.05) is 50.6 Å². The summed E-state index contributed by atoms with van der Waals surface area (Å²) in [5.41, 5.74) is 2.98. The molecule has 38 heavy (non-hydrogen) atoms. The minimum absolute atomic E-state index is 0.356. The molecule has 9 nitrogen and oxygen atoms in total. The summed E-state index contributed by atoms with van der Waals surface area (Å²) in [7, 11) is 1.57. The number of benzene rings is 1. The van der Waals surface area contributed by atoms with Crippen molar-refractivity contribution in [1.82, 2.24) is 19.9 Å². The van der Waals surface area contributed by atoms with Gasteiger partial charge in [0.15, 0.2) is 0 Å². The normalized spacial score (nSPS) is 13.7. The number of nitrogens with one attached hydrogen (secondary N) is 2. The van der Waals surface area contributed by atoms with E-state index in [0.29, 0.717) is 48.4 Å². The van der Waals surface area contributed by atoms with E-state index in [1.165, 1.54) is 11.9 Å². The first-order chi connectivity index (χ1) is 18.6.